The zero-order chi connectivity index (χ0) is 20.6. The van der Waals surface area contributed by atoms with Crippen molar-refractivity contribution in [3.8, 4) is 5.88 Å². The minimum atomic E-state index is -1.61. The number of fused-ring (bicyclic) bond motifs is 3. The first-order chi connectivity index (χ1) is 14.0. The van der Waals surface area contributed by atoms with E-state index in [9.17, 15) is 9.59 Å². The predicted molar refractivity (Wildman–Crippen MR) is 102 cm³/mol. The molecule has 0 radical (unpaired) electrons. The zero-order valence-corrected chi connectivity index (χ0v) is 15.9. The second-order valence-corrected chi connectivity index (χ2v) is 6.63. The molecule has 150 valence electrons. The SMILES string of the molecule is C=Cc1ccc2c(OC3CNC(C(=O)OC)(C(=O)OC)C3)nn3cnnc3c2c1. The van der Waals surface area contributed by atoms with Gasteiger partial charge in [0.1, 0.15) is 12.4 Å². The molecule has 1 aromatic carbocycles. The maximum absolute atomic E-state index is 12.3. The molecular weight excluding hydrogens is 378 g/mol. The smallest absolute Gasteiger partial charge is 0.337 e. The highest BCUT2D eigenvalue weighted by molar-refractivity contribution is 6.05. The van der Waals surface area contributed by atoms with Crippen LogP contribution >= 0.6 is 0 Å². The van der Waals surface area contributed by atoms with E-state index in [1.165, 1.54) is 25.1 Å². The van der Waals surface area contributed by atoms with Gasteiger partial charge in [-0.3, -0.25) is 5.32 Å². The Morgan fingerprint density at radius 1 is 1.28 bits per heavy atom. The molecule has 1 N–H and O–H groups in total. The number of nitrogens with one attached hydrogen (secondary N) is 1. The van der Waals surface area contributed by atoms with E-state index in [-0.39, 0.29) is 13.0 Å². The lowest BCUT2D eigenvalue weighted by Gasteiger charge is -2.23. The summed E-state index contributed by atoms with van der Waals surface area (Å²) in [5.74, 6) is -1.11. The van der Waals surface area contributed by atoms with Crippen LogP contribution in [0, 0.1) is 0 Å². The molecule has 3 aromatic rings. The summed E-state index contributed by atoms with van der Waals surface area (Å²) < 4.78 is 17.2. The summed E-state index contributed by atoms with van der Waals surface area (Å²) in [6.07, 6.45) is 2.73. The Balaban J connectivity index is 1.72. The van der Waals surface area contributed by atoms with Gasteiger partial charge in [-0.2, -0.15) is 4.52 Å². The molecule has 10 heteroatoms. The molecular formula is C19H19N5O5. The highest BCUT2D eigenvalue weighted by Gasteiger charge is 2.54. The van der Waals surface area contributed by atoms with E-state index in [1.807, 2.05) is 18.2 Å². The number of hydrogen-bond acceptors (Lipinski definition) is 9. The number of aromatic nitrogens is 4. The molecule has 3 heterocycles. The average molecular weight is 397 g/mol. The quantitative estimate of drug-likeness (QED) is 0.491. The maximum Gasteiger partial charge on any atom is 0.337 e. The molecule has 1 saturated heterocycles. The van der Waals surface area contributed by atoms with Crippen molar-refractivity contribution in [2.45, 2.75) is 18.1 Å². The number of hydrogen-bond donors (Lipinski definition) is 1. The summed E-state index contributed by atoms with van der Waals surface area (Å²) in [6, 6.07) is 5.66. The summed E-state index contributed by atoms with van der Waals surface area (Å²) in [5, 5.41) is 16.9. The van der Waals surface area contributed by atoms with Gasteiger partial charge in [0.15, 0.2) is 5.65 Å². The van der Waals surface area contributed by atoms with Crippen LogP contribution in [0.3, 0.4) is 0 Å². The van der Waals surface area contributed by atoms with Crippen molar-refractivity contribution < 1.29 is 23.8 Å². The number of benzene rings is 1. The van der Waals surface area contributed by atoms with Crippen LogP contribution in [0.4, 0.5) is 0 Å². The van der Waals surface area contributed by atoms with Gasteiger partial charge in [0.05, 0.1) is 14.2 Å². The number of ether oxygens (including phenoxy) is 3. The third kappa shape index (κ3) is 2.97. The number of methoxy groups -OCH3 is 2. The largest absolute Gasteiger partial charge is 0.471 e. The molecule has 1 aliphatic rings. The van der Waals surface area contributed by atoms with Gasteiger partial charge >= 0.3 is 11.9 Å². The van der Waals surface area contributed by atoms with E-state index in [1.54, 1.807) is 6.08 Å². The fourth-order valence-electron chi connectivity index (χ4n) is 3.54. The summed E-state index contributed by atoms with van der Waals surface area (Å²) in [5.41, 5.74) is -0.114. The Morgan fingerprint density at radius 3 is 2.72 bits per heavy atom. The van der Waals surface area contributed by atoms with E-state index < -0.39 is 23.6 Å². The molecule has 1 aliphatic heterocycles. The number of carbonyl (C=O) groups is 2. The molecule has 0 spiro atoms. The van der Waals surface area contributed by atoms with Crippen molar-refractivity contribution in [3.05, 3.63) is 36.7 Å². The van der Waals surface area contributed by atoms with Gasteiger partial charge in [-0.25, -0.2) is 9.59 Å². The van der Waals surface area contributed by atoms with Gasteiger partial charge in [0, 0.05) is 23.7 Å². The van der Waals surface area contributed by atoms with E-state index in [2.05, 4.69) is 27.2 Å². The van der Waals surface area contributed by atoms with Crippen molar-refractivity contribution in [2.24, 2.45) is 0 Å². The molecule has 4 rings (SSSR count). The Kier molecular flexibility index (Phi) is 4.63. The second kappa shape index (κ2) is 7.13. The van der Waals surface area contributed by atoms with Gasteiger partial charge in [-0.05, 0) is 17.7 Å². The standard InChI is InChI=1S/C19H19N5O5/c1-4-11-5-6-13-14(7-11)15-22-21-10-24(15)23-16(13)29-12-8-19(20-9-12,17(25)27-2)18(26)28-3/h4-7,10,12,20H,1,8-9H2,2-3H3. The van der Waals surface area contributed by atoms with Gasteiger partial charge in [-0.1, -0.05) is 18.7 Å². The highest BCUT2D eigenvalue weighted by Crippen LogP contribution is 2.31. The fraction of sp³-hybridized carbons (Fsp3) is 0.316. The topological polar surface area (TPSA) is 117 Å². The van der Waals surface area contributed by atoms with E-state index in [0.29, 0.717) is 11.5 Å². The van der Waals surface area contributed by atoms with Crippen LogP contribution in [-0.2, 0) is 19.1 Å². The first kappa shape index (κ1) is 18.8. The van der Waals surface area contributed by atoms with Crippen LogP contribution in [-0.4, -0.2) is 64.2 Å². The Labute approximate surface area is 165 Å². The summed E-state index contributed by atoms with van der Waals surface area (Å²) in [6.45, 7) is 4.03. The lowest BCUT2D eigenvalue weighted by atomic mass is 9.97. The Bertz CT molecular complexity index is 1110. The highest BCUT2D eigenvalue weighted by atomic mass is 16.6. The summed E-state index contributed by atoms with van der Waals surface area (Å²) in [7, 11) is 2.43. The number of carbonyl (C=O) groups excluding carboxylic acids is 2. The minimum Gasteiger partial charge on any atom is -0.471 e. The van der Waals surface area contributed by atoms with Crippen LogP contribution < -0.4 is 10.1 Å². The molecule has 1 atom stereocenters. The van der Waals surface area contributed by atoms with E-state index in [4.69, 9.17) is 14.2 Å². The van der Waals surface area contributed by atoms with Crippen LogP contribution in [0.2, 0.25) is 0 Å². The predicted octanol–water partition coefficient (Wildman–Crippen LogP) is 0.746. The lowest BCUT2D eigenvalue weighted by Crippen LogP contribution is -2.55. The number of rotatable bonds is 5. The molecule has 0 aliphatic carbocycles. The van der Waals surface area contributed by atoms with Gasteiger partial charge in [0.2, 0.25) is 11.4 Å². The van der Waals surface area contributed by atoms with E-state index >= 15 is 0 Å². The van der Waals surface area contributed by atoms with Crippen molar-refractivity contribution in [3.63, 3.8) is 0 Å². The summed E-state index contributed by atoms with van der Waals surface area (Å²) in [4.78, 5) is 24.5. The van der Waals surface area contributed by atoms with Gasteiger partial charge in [-0.15, -0.1) is 15.3 Å². The van der Waals surface area contributed by atoms with Crippen LogP contribution in [0.1, 0.15) is 12.0 Å². The molecule has 0 bridgehead atoms. The third-order valence-corrected chi connectivity index (χ3v) is 4.99. The zero-order valence-electron chi connectivity index (χ0n) is 15.9. The lowest BCUT2D eigenvalue weighted by molar-refractivity contribution is -0.162. The van der Waals surface area contributed by atoms with Crippen LogP contribution in [0.25, 0.3) is 22.5 Å². The van der Waals surface area contributed by atoms with Crippen molar-refractivity contribution in [1.29, 1.82) is 0 Å². The average Bonchev–Trinajstić information content (AvgIpc) is 3.40. The normalized spacial score (nSPS) is 17.9. The first-order valence-electron chi connectivity index (χ1n) is 8.87. The van der Waals surface area contributed by atoms with Crippen molar-refractivity contribution in [1.82, 2.24) is 25.1 Å². The van der Waals surface area contributed by atoms with Gasteiger partial charge in [0.25, 0.3) is 0 Å². The number of nitrogens with zero attached hydrogens (tertiary/aromatic N) is 4. The molecule has 1 fully saturated rings. The van der Waals surface area contributed by atoms with Crippen molar-refractivity contribution >= 4 is 34.4 Å². The minimum absolute atomic E-state index is 0.0421. The molecule has 29 heavy (non-hydrogen) atoms. The third-order valence-electron chi connectivity index (χ3n) is 4.99. The molecule has 1 unspecified atom stereocenters. The monoisotopic (exact) mass is 397 g/mol. The first-order valence-corrected chi connectivity index (χ1v) is 8.87. The molecule has 0 saturated carbocycles. The van der Waals surface area contributed by atoms with E-state index in [0.717, 1.165) is 16.3 Å². The maximum atomic E-state index is 12.3. The molecule has 10 nitrogen and oxygen atoms in total. The fourth-order valence-corrected chi connectivity index (χ4v) is 3.54. The number of esters is 2. The van der Waals surface area contributed by atoms with Crippen LogP contribution in [0.15, 0.2) is 31.1 Å². The molecule has 0 amide bonds. The van der Waals surface area contributed by atoms with Crippen LogP contribution in [0.5, 0.6) is 5.88 Å². The Hall–Kier alpha value is -3.53. The van der Waals surface area contributed by atoms with Gasteiger partial charge < -0.3 is 14.2 Å². The molecule has 2 aromatic heterocycles. The van der Waals surface area contributed by atoms with Crippen molar-refractivity contribution in [2.75, 3.05) is 20.8 Å². The Morgan fingerprint density at radius 2 is 2.03 bits per heavy atom. The summed E-state index contributed by atoms with van der Waals surface area (Å²) >= 11 is 0. The second-order valence-electron chi connectivity index (χ2n) is 6.63.